The second-order valence-electron chi connectivity index (χ2n) is 7.17. The second-order valence-corrected chi connectivity index (χ2v) is 7.17. The number of likely N-dealkylation sites (tertiary alicyclic amines) is 1. The van der Waals surface area contributed by atoms with Crippen LogP contribution in [0.3, 0.4) is 0 Å². The lowest BCUT2D eigenvalue weighted by molar-refractivity contribution is -0.136. The molecule has 1 unspecified atom stereocenters. The van der Waals surface area contributed by atoms with Gasteiger partial charge >= 0.3 is 6.09 Å². The fourth-order valence-electron chi connectivity index (χ4n) is 3.94. The molecule has 2 aromatic rings. The molecule has 4 rings (SSSR count). The zero-order chi connectivity index (χ0) is 18.6. The number of amides is 2. The van der Waals surface area contributed by atoms with E-state index in [1.54, 1.807) is 4.90 Å². The Bertz CT molecular complexity index is 821. The lowest BCUT2D eigenvalue weighted by Crippen LogP contribution is -2.49. The summed E-state index contributed by atoms with van der Waals surface area (Å²) in [5.41, 5.74) is 3.46. The molecule has 0 spiro atoms. The second kappa shape index (κ2) is 7.82. The van der Waals surface area contributed by atoms with Crippen LogP contribution in [0.4, 0.5) is 4.79 Å². The number of hydrogen-bond donors (Lipinski definition) is 0. The third-order valence-corrected chi connectivity index (χ3v) is 5.42. The van der Waals surface area contributed by atoms with E-state index in [-0.39, 0.29) is 12.5 Å². The summed E-state index contributed by atoms with van der Waals surface area (Å²) in [6.07, 6.45) is 2.01. The highest BCUT2D eigenvalue weighted by Gasteiger charge is 2.38. The maximum Gasteiger partial charge on any atom is 0.410 e. The van der Waals surface area contributed by atoms with Gasteiger partial charge in [-0.2, -0.15) is 0 Å². The molecule has 27 heavy (non-hydrogen) atoms. The molecule has 0 saturated carbocycles. The Morgan fingerprint density at radius 2 is 1.70 bits per heavy atom. The van der Waals surface area contributed by atoms with Gasteiger partial charge in [-0.25, -0.2) is 4.79 Å². The van der Waals surface area contributed by atoms with Crippen molar-refractivity contribution in [3.05, 3.63) is 71.3 Å². The number of rotatable bonds is 3. The molecule has 0 aliphatic carbocycles. The van der Waals surface area contributed by atoms with Gasteiger partial charge in [-0.3, -0.25) is 9.69 Å². The zero-order valence-corrected chi connectivity index (χ0v) is 15.3. The average molecular weight is 364 g/mol. The lowest BCUT2D eigenvalue weighted by Gasteiger charge is -2.33. The summed E-state index contributed by atoms with van der Waals surface area (Å²) >= 11 is 0. The molecule has 140 valence electrons. The van der Waals surface area contributed by atoms with E-state index in [1.807, 2.05) is 47.4 Å². The van der Waals surface area contributed by atoms with Crippen molar-refractivity contribution in [3.63, 3.8) is 0 Å². The van der Waals surface area contributed by atoms with E-state index in [9.17, 15) is 9.59 Å². The van der Waals surface area contributed by atoms with Gasteiger partial charge in [0.25, 0.3) is 0 Å². The van der Waals surface area contributed by atoms with E-state index in [0.717, 1.165) is 18.4 Å². The molecular weight excluding hydrogens is 340 g/mol. The molecule has 2 aliphatic heterocycles. The van der Waals surface area contributed by atoms with Crippen molar-refractivity contribution in [2.45, 2.75) is 38.5 Å². The van der Waals surface area contributed by atoms with E-state index in [2.05, 4.69) is 12.1 Å². The molecule has 1 saturated heterocycles. The fraction of sp³-hybridized carbons (Fsp3) is 0.364. The first-order chi connectivity index (χ1) is 13.2. The molecule has 1 fully saturated rings. The van der Waals surface area contributed by atoms with E-state index >= 15 is 0 Å². The molecule has 2 heterocycles. The van der Waals surface area contributed by atoms with Crippen molar-refractivity contribution >= 4 is 12.0 Å². The molecule has 0 radical (unpaired) electrons. The van der Waals surface area contributed by atoms with Crippen LogP contribution in [0, 0.1) is 0 Å². The smallest absolute Gasteiger partial charge is 0.410 e. The van der Waals surface area contributed by atoms with Gasteiger partial charge in [-0.1, -0.05) is 54.6 Å². The van der Waals surface area contributed by atoms with Crippen LogP contribution in [0.1, 0.15) is 29.5 Å². The van der Waals surface area contributed by atoms with Crippen LogP contribution in [-0.4, -0.2) is 40.9 Å². The summed E-state index contributed by atoms with van der Waals surface area (Å²) < 4.78 is 5.45. The van der Waals surface area contributed by atoms with Gasteiger partial charge in [0.1, 0.15) is 12.6 Å². The van der Waals surface area contributed by atoms with Crippen LogP contribution in [-0.2, 0) is 29.1 Å². The van der Waals surface area contributed by atoms with Crippen molar-refractivity contribution in [3.8, 4) is 0 Å². The summed E-state index contributed by atoms with van der Waals surface area (Å²) in [5.74, 6) is 0.0404. The topological polar surface area (TPSA) is 49.9 Å². The Morgan fingerprint density at radius 3 is 2.52 bits per heavy atom. The Labute approximate surface area is 159 Å². The van der Waals surface area contributed by atoms with Gasteiger partial charge in [0.2, 0.25) is 5.91 Å². The molecule has 0 bridgehead atoms. The first-order valence-corrected chi connectivity index (χ1v) is 9.55. The van der Waals surface area contributed by atoms with Crippen LogP contribution < -0.4 is 0 Å². The third kappa shape index (κ3) is 3.82. The van der Waals surface area contributed by atoms with E-state index in [1.165, 1.54) is 11.1 Å². The number of carbonyl (C=O) groups is 2. The SMILES string of the molecule is O=C(C1CCCN1C(=O)OCc1ccccc1)N1CCc2ccccc2C1. The van der Waals surface area contributed by atoms with Gasteiger partial charge in [0.05, 0.1) is 0 Å². The molecule has 2 aromatic carbocycles. The summed E-state index contributed by atoms with van der Waals surface area (Å²) in [6.45, 7) is 2.14. The maximum absolute atomic E-state index is 13.1. The minimum atomic E-state index is -0.404. The van der Waals surface area contributed by atoms with Gasteiger partial charge in [-0.05, 0) is 36.0 Å². The number of fused-ring (bicyclic) bond motifs is 1. The largest absolute Gasteiger partial charge is 0.445 e. The first kappa shape index (κ1) is 17.6. The summed E-state index contributed by atoms with van der Waals surface area (Å²) in [5, 5.41) is 0. The standard InChI is InChI=1S/C22H24N2O3/c25-21(23-14-12-18-9-4-5-10-19(18)15-23)20-11-6-13-24(20)22(26)27-16-17-7-2-1-3-8-17/h1-5,7-10,20H,6,11-16H2. The lowest BCUT2D eigenvalue weighted by atomic mass is 9.99. The van der Waals surface area contributed by atoms with Crippen LogP contribution in [0.5, 0.6) is 0 Å². The number of hydrogen-bond acceptors (Lipinski definition) is 3. The highest BCUT2D eigenvalue weighted by molar-refractivity contribution is 5.86. The molecular formula is C22H24N2O3. The predicted molar refractivity (Wildman–Crippen MR) is 102 cm³/mol. The van der Waals surface area contributed by atoms with Gasteiger partial charge < -0.3 is 9.64 Å². The van der Waals surface area contributed by atoms with Crippen LogP contribution in [0.15, 0.2) is 54.6 Å². The first-order valence-electron chi connectivity index (χ1n) is 9.55. The number of carbonyl (C=O) groups excluding carboxylic acids is 2. The minimum absolute atomic E-state index is 0.0404. The molecule has 0 aromatic heterocycles. The highest BCUT2D eigenvalue weighted by atomic mass is 16.6. The van der Waals surface area contributed by atoms with Crippen LogP contribution in [0.25, 0.3) is 0 Å². The Morgan fingerprint density at radius 1 is 0.963 bits per heavy atom. The Kier molecular flexibility index (Phi) is 5.10. The highest BCUT2D eigenvalue weighted by Crippen LogP contribution is 2.25. The number of ether oxygens (including phenoxy) is 1. The van der Waals surface area contributed by atoms with E-state index < -0.39 is 12.1 Å². The predicted octanol–water partition coefficient (Wildman–Crippen LogP) is 3.37. The van der Waals surface area contributed by atoms with E-state index in [0.29, 0.717) is 26.1 Å². The van der Waals surface area contributed by atoms with Crippen molar-refractivity contribution < 1.29 is 14.3 Å². The van der Waals surface area contributed by atoms with Crippen molar-refractivity contribution in [2.75, 3.05) is 13.1 Å². The van der Waals surface area contributed by atoms with Crippen molar-refractivity contribution in [2.24, 2.45) is 0 Å². The number of nitrogens with zero attached hydrogens (tertiary/aromatic N) is 2. The van der Waals surface area contributed by atoms with Gasteiger partial charge in [0, 0.05) is 19.6 Å². The zero-order valence-electron chi connectivity index (χ0n) is 15.3. The Balaban J connectivity index is 1.39. The molecule has 2 amide bonds. The molecule has 5 heteroatoms. The molecule has 5 nitrogen and oxygen atoms in total. The van der Waals surface area contributed by atoms with Crippen molar-refractivity contribution in [1.82, 2.24) is 9.80 Å². The maximum atomic E-state index is 13.1. The van der Waals surface area contributed by atoms with E-state index in [4.69, 9.17) is 4.74 Å². The fourth-order valence-corrected chi connectivity index (χ4v) is 3.94. The normalized spacial score (nSPS) is 18.9. The van der Waals surface area contributed by atoms with Crippen molar-refractivity contribution in [1.29, 1.82) is 0 Å². The summed E-state index contributed by atoms with van der Waals surface area (Å²) in [6, 6.07) is 17.5. The summed E-state index contributed by atoms with van der Waals surface area (Å²) in [7, 11) is 0. The van der Waals surface area contributed by atoms with Gasteiger partial charge in [-0.15, -0.1) is 0 Å². The van der Waals surface area contributed by atoms with Gasteiger partial charge in [0.15, 0.2) is 0 Å². The molecule has 1 atom stereocenters. The molecule has 0 N–H and O–H groups in total. The monoisotopic (exact) mass is 364 g/mol. The Hall–Kier alpha value is -2.82. The molecule has 2 aliphatic rings. The number of benzene rings is 2. The average Bonchev–Trinajstić information content (AvgIpc) is 3.22. The quantitative estimate of drug-likeness (QED) is 0.839. The minimum Gasteiger partial charge on any atom is -0.445 e. The third-order valence-electron chi connectivity index (χ3n) is 5.42. The summed E-state index contributed by atoms with van der Waals surface area (Å²) in [4.78, 5) is 29.1. The van der Waals surface area contributed by atoms with Crippen LogP contribution >= 0.6 is 0 Å². The van der Waals surface area contributed by atoms with Crippen LogP contribution in [0.2, 0.25) is 0 Å².